The minimum Gasteiger partial charge on any atom is -0.364 e. The molecule has 2 aromatic rings. The summed E-state index contributed by atoms with van der Waals surface area (Å²) < 4.78 is 25.8. The van der Waals surface area contributed by atoms with Crippen molar-refractivity contribution in [2.24, 2.45) is 0 Å². The number of benzene rings is 2. The second kappa shape index (κ2) is 6.22. The predicted octanol–water partition coefficient (Wildman–Crippen LogP) is 3.60. The van der Waals surface area contributed by atoms with Crippen LogP contribution in [0.2, 0.25) is 0 Å². The van der Waals surface area contributed by atoms with Gasteiger partial charge in [0, 0.05) is 18.8 Å². The summed E-state index contributed by atoms with van der Waals surface area (Å²) in [6.45, 7) is 1.00. The number of fused-ring (bicyclic) bond motifs is 1. The van der Waals surface area contributed by atoms with Crippen molar-refractivity contribution in [1.29, 1.82) is 0 Å². The zero-order valence-electron chi connectivity index (χ0n) is 11.7. The molecule has 0 saturated heterocycles. The van der Waals surface area contributed by atoms with Gasteiger partial charge in [-0.1, -0.05) is 48.5 Å². The number of halogens is 2. The summed E-state index contributed by atoms with van der Waals surface area (Å²) in [5, 5.41) is 3.47. The number of alkyl halides is 2. The number of anilines is 1. The fourth-order valence-corrected chi connectivity index (χ4v) is 2.83. The molecule has 0 radical (unpaired) electrons. The molecule has 1 atom stereocenters. The van der Waals surface area contributed by atoms with Gasteiger partial charge in [0.05, 0.1) is 12.6 Å². The average Bonchev–Trinajstić information content (AvgIpc) is 2.68. The molecule has 4 heteroatoms. The first kappa shape index (κ1) is 14.0. The molecular weight excluding hydrogens is 270 g/mol. The fourth-order valence-electron chi connectivity index (χ4n) is 2.83. The van der Waals surface area contributed by atoms with Crippen LogP contribution in [0.15, 0.2) is 54.6 Å². The highest BCUT2D eigenvalue weighted by Gasteiger charge is 2.24. The number of rotatable bonds is 3. The summed E-state index contributed by atoms with van der Waals surface area (Å²) >= 11 is 0. The SMILES string of the molecule is FC(F)CN1CC(c2ccccc2)NCc2ccccc21. The van der Waals surface area contributed by atoms with Gasteiger partial charge in [-0.3, -0.25) is 0 Å². The standard InChI is InChI=1S/C17H18F2N2/c18-17(19)12-21-11-15(13-6-2-1-3-7-13)20-10-14-8-4-5-9-16(14)21/h1-9,15,17,20H,10-12H2. The van der Waals surface area contributed by atoms with Crippen molar-refractivity contribution < 1.29 is 8.78 Å². The van der Waals surface area contributed by atoms with E-state index >= 15 is 0 Å². The van der Waals surface area contributed by atoms with E-state index in [4.69, 9.17) is 0 Å². The van der Waals surface area contributed by atoms with Crippen LogP contribution in [0.25, 0.3) is 0 Å². The van der Waals surface area contributed by atoms with E-state index in [9.17, 15) is 8.78 Å². The van der Waals surface area contributed by atoms with Crippen LogP contribution in [0.3, 0.4) is 0 Å². The van der Waals surface area contributed by atoms with E-state index in [2.05, 4.69) is 5.32 Å². The minimum absolute atomic E-state index is 0.0531. The van der Waals surface area contributed by atoms with E-state index in [1.165, 1.54) is 0 Å². The van der Waals surface area contributed by atoms with E-state index in [1.54, 1.807) is 4.90 Å². The van der Waals surface area contributed by atoms with E-state index < -0.39 is 6.43 Å². The third-order valence-electron chi connectivity index (χ3n) is 3.83. The molecule has 21 heavy (non-hydrogen) atoms. The number of nitrogens with zero attached hydrogens (tertiary/aromatic N) is 1. The Balaban J connectivity index is 1.90. The molecule has 1 aliphatic heterocycles. The highest BCUT2D eigenvalue weighted by atomic mass is 19.3. The summed E-state index contributed by atoms with van der Waals surface area (Å²) in [7, 11) is 0. The lowest BCUT2D eigenvalue weighted by Gasteiger charge is -2.27. The quantitative estimate of drug-likeness (QED) is 0.928. The van der Waals surface area contributed by atoms with Crippen LogP contribution in [-0.2, 0) is 6.54 Å². The Labute approximate surface area is 123 Å². The van der Waals surface area contributed by atoms with Gasteiger partial charge >= 0.3 is 0 Å². The molecule has 1 N–H and O–H groups in total. The molecule has 0 fully saturated rings. The normalized spacial score (nSPS) is 18.4. The van der Waals surface area contributed by atoms with Crippen LogP contribution >= 0.6 is 0 Å². The first-order valence-electron chi connectivity index (χ1n) is 7.13. The zero-order valence-corrected chi connectivity index (χ0v) is 11.7. The molecule has 1 heterocycles. The van der Waals surface area contributed by atoms with Gasteiger partial charge in [-0.05, 0) is 17.2 Å². The second-order valence-corrected chi connectivity index (χ2v) is 5.27. The molecule has 0 aliphatic carbocycles. The fraction of sp³-hybridized carbons (Fsp3) is 0.294. The molecule has 0 spiro atoms. The van der Waals surface area contributed by atoms with Crippen molar-refractivity contribution in [1.82, 2.24) is 5.32 Å². The van der Waals surface area contributed by atoms with Gasteiger partial charge < -0.3 is 10.2 Å². The first-order chi connectivity index (χ1) is 10.2. The third-order valence-corrected chi connectivity index (χ3v) is 3.83. The molecular formula is C17H18F2N2. The average molecular weight is 288 g/mol. The highest BCUT2D eigenvalue weighted by molar-refractivity contribution is 5.55. The third kappa shape index (κ3) is 3.22. The largest absolute Gasteiger partial charge is 0.364 e. The Morgan fingerprint density at radius 2 is 1.76 bits per heavy atom. The van der Waals surface area contributed by atoms with Gasteiger partial charge in [0.15, 0.2) is 0 Å². The molecule has 110 valence electrons. The van der Waals surface area contributed by atoms with E-state index in [0.717, 1.165) is 16.8 Å². The van der Waals surface area contributed by atoms with Gasteiger partial charge in [-0.2, -0.15) is 0 Å². The Morgan fingerprint density at radius 1 is 1.05 bits per heavy atom. The van der Waals surface area contributed by atoms with Crippen molar-refractivity contribution >= 4 is 5.69 Å². The lowest BCUT2D eigenvalue weighted by atomic mass is 10.1. The molecule has 3 rings (SSSR count). The summed E-state index contributed by atoms with van der Waals surface area (Å²) in [4.78, 5) is 1.79. The van der Waals surface area contributed by atoms with E-state index in [-0.39, 0.29) is 12.6 Å². The topological polar surface area (TPSA) is 15.3 Å². The first-order valence-corrected chi connectivity index (χ1v) is 7.13. The van der Waals surface area contributed by atoms with Crippen LogP contribution in [0, 0.1) is 0 Å². The van der Waals surface area contributed by atoms with Gasteiger partial charge in [-0.25, -0.2) is 8.78 Å². The van der Waals surface area contributed by atoms with Crippen molar-refractivity contribution in [3.63, 3.8) is 0 Å². The summed E-state index contributed by atoms with van der Waals surface area (Å²) in [6.07, 6.45) is -2.34. The molecule has 2 nitrogen and oxygen atoms in total. The monoisotopic (exact) mass is 288 g/mol. The van der Waals surface area contributed by atoms with Crippen molar-refractivity contribution in [2.75, 3.05) is 18.0 Å². The minimum atomic E-state index is -2.34. The maximum absolute atomic E-state index is 12.9. The van der Waals surface area contributed by atoms with Crippen molar-refractivity contribution in [3.8, 4) is 0 Å². The predicted molar refractivity (Wildman–Crippen MR) is 80.7 cm³/mol. The Kier molecular flexibility index (Phi) is 4.15. The van der Waals surface area contributed by atoms with Gasteiger partial charge in [0.1, 0.15) is 0 Å². The zero-order chi connectivity index (χ0) is 14.7. The number of hydrogen-bond donors (Lipinski definition) is 1. The molecule has 1 aliphatic rings. The number of para-hydroxylation sites is 1. The molecule has 1 unspecified atom stereocenters. The smallest absolute Gasteiger partial charge is 0.255 e. The number of hydrogen-bond acceptors (Lipinski definition) is 2. The maximum Gasteiger partial charge on any atom is 0.255 e. The molecule has 0 aromatic heterocycles. The lowest BCUT2D eigenvalue weighted by Crippen LogP contribution is -2.35. The highest BCUT2D eigenvalue weighted by Crippen LogP contribution is 2.28. The second-order valence-electron chi connectivity index (χ2n) is 5.27. The van der Waals surface area contributed by atoms with E-state index in [1.807, 2.05) is 54.6 Å². The van der Waals surface area contributed by atoms with Crippen LogP contribution in [0.5, 0.6) is 0 Å². The Bertz CT molecular complexity index is 586. The van der Waals surface area contributed by atoms with Gasteiger partial charge in [-0.15, -0.1) is 0 Å². The van der Waals surface area contributed by atoms with Crippen LogP contribution < -0.4 is 10.2 Å². The molecule has 0 amide bonds. The van der Waals surface area contributed by atoms with Crippen molar-refractivity contribution in [2.45, 2.75) is 19.0 Å². The Hall–Kier alpha value is -1.94. The maximum atomic E-state index is 12.9. The summed E-state index contributed by atoms with van der Waals surface area (Å²) in [5.41, 5.74) is 3.10. The molecule has 0 bridgehead atoms. The van der Waals surface area contributed by atoms with Crippen LogP contribution in [0.4, 0.5) is 14.5 Å². The summed E-state index contributed by atoms with van der Waals surface area (Å²) in [6, 6.07) is 17.8. The molecule has 0 saturated carbocycles. The molecule has 2 aromatic carbocycles. The van der Waals surface area contributed by atoms with Crippen LogP contribution in [0.1, 0.15) is 17.2 Å². The Morgan fingerprint density at radius 3 is 2.52 bits per heavy atom. The van der Waals surface area contributed by atoms with E-state index in [0.29, 0.717) is 13.1 Å². The van der Waals surface area contributed by atoms with Crippen LogP contribution in [-0.4, -0.2) is 19.5 Å². The van der Waals surface area contributed by atoms with Gasteiger partial charge in [0.25, 0.3) is 6.43 Å². The lowest BCUT2D eigenvalue weighted by molar-refractivity contribution is 0.154. The van der Waals surface area contributed by atoms with Gasteiger partial charge in [0.2, 0.25) is 0 Å². The number of nitrogens with one attached hydrogen (secondary N) is 1. The van der Waals surface area contributed by atoms with Crippen molar-refractivity contribution in [3.05, 3.63) is 65.7 Å². The summed E-state index contributed by atoms with van der Waals surface area (Å²) in [5.74, 6) is 0.